The number of nitrogens with one attached hydrogen (secondary N) is 2. The second-order valence-corrected chi connectivity index (χ2v) is 5.62. The third kappa shape index (κ3) is 3.50. The maximum absolute atomic E-state index is 12.6. The lowest BCUT2D eigenvalue weighted by Gasteiger charge is -2.12. The molecule has 2 aromatic carbocycles. The number of methoxy groups -OCH3 is 1. The van der Waals surface area contributed by atoms with Gasteiger partial charge in [-0.05, 0) is 25.1 Å². The second kappa shape index (κ2) is 7.69. The zero-order valence-corrected chi connectivity index (χ0v) is 14.9. The Bertz CT molecular complexity index is 1070. The van der Waals surface area contributed by atoms with Crippen molar-refractivity contribution in [3.8, 4) is 5.75 Å². The van der Waals surface area contributed by atoms with E-state index in [0.29, 0.717) is 23.1 Å². The summed E-state index contributed by atoms with van der Waals surface area (Å²) in [6, 6.07) is 13.3. The first-order valence-corrected chi connectivity index (χ1v) is 8.30. The van der Waals surface area contributed by atoms with Crippen LogP contribution < -0.4 is 21.1 Å². The Kier molecular flexibility index (Phi) is 5.16. The largest absolute Gasteiger partial charge is 0.496 e. The number of carbonyl (C=O) groups is 2. The summed E-state index contributed by atoms with van der Waals surface area (Å²) in [4.78, 5) is 37.3. The van der Waals surface area contributed by atoms with E-state index in [1.165, 1.54) is 11.8 Å². The fraction of sp³-hybridized carbons (Fsp3) is 0.158. The number of carbonyl (C=O) groups excluding carboxylic acids is 2. The van der Waals surface area contributed by atoms with Crippen molar-refractivity contribution in [2.24, 2.45) is 0 Å². The highest BCUT2D eigenvalue weighted by Gasteiger charge is 2.18. The number of hydrogen-bond donors (Lipinski definition) is 2. The molecular weight excluding hydrogens is 348 g/mol. The van der Waals surface area contributed by atoms with E-state index in [-0.39, 0.29) is 16.8 Å². The molecule has 0 radical (unpaired) electrons. The molecule has 0 saturated carbocycles. The minimum Gasteiger partial charge on any atom is -0.496 e. The monoisotopic (exact) mass is 366 g/mol. The van der Waals surface area contributed by atoms with Crippen LogP contribution in [-0.4, -0.2) is 28.7 Å². The van der Waals surface area contributed by atoms with E-state index < -0.39 is 11.8 Å². The van der Waals surface area contributed by atoms with Crippen molar-refractivity contribution in [3.63, 3.8) is 0 Å². The Morgan fingerprint density at radius 3 is 2.33 bits per heavy atom. The fourth-order valence-electron chi connectivity index (χ4n) is 2.69. The maximum Gasteiger partial charge on any atom is 0.290 e. The van der Waals surface area contributed by atoms with Gasteiger partial charge in [0.25, 0.3) is 17.4 Å². The molecule has 0 spiro atoms. The van der Waals surface area contributed by atoms with Gasteiger partial charge in [0.15, 0.2) is 5.69 Å². The first-order chi connectivity index (χ1) is 13.1. The molecule has 1 aromatic heterocycles. The van der Waals surface area contributed by atoms with Crippen molar-refractivity contribution >= 4 is 22.6 Å². The van der Waals surface area contributed by atoms with Crippen molar-refractivity contribution < 1.29 is 14.3 Å². The average Bonchev–Trinajstić information content (AvgIpc) is 2.72. The molecule has 8 nitrogen and oxygen atoms in total. The number of fused-ring (bicyclic) bond motifs is 1. The van der Waals surface area contributed by atoms with Gasteiger partial charge in [-0.3, -0.25) is 25.2 Å². The van der Waals surface area contributed by atoms with E-state index >= 15 is 0 Å². The summed E-state index contributed by atoms with van der Waals surface area (Å²) in [7, 11) is 1.45. The molecule has 3 aromatic rings. The molecule has 0 atom stereocenters. The van der Waals surface area contributed by atoms with Crippen LogP contribution in [0.1, 0.15) is 27.8 Å². The van der Waals surface area contributed by atoms with Crippen molar-refractivity contribution in [1.82, 2.24) is 20.6 Å². The lowest BCUT2D eigenvalue weighted by atomic mass is 10.1. The molecule has 0 bridgehead atoms. The van der Waals surface area contributed by atoms with Crippen LogP contribution in [0.15, 0.2) is 53.3 Å². The number of amides is 2. The van der Waals surface area contributed by atoms with E-state index in [4.69, 9.17) is 4.74 Å². The minimum atomic E-state index is -0.628. The Morgan fingerprint density at radius 2 is 1.63 bits per heavy atom. The van der Waals surface area contributed by atoms with Crippen LogP contribution in [0.25, 0.3) is 10.8 Å². The number of hydrazine groups is 1. The minimum absolute atomic E-state index is 0.0485. The smallest absolute Gasteiger partial charge is 0.290 e. The topological polar surface area (TPSA) is 102 Å². The van der Waals surface area contributed by atoms with E-state index in [1.54, 1.807) is 55.5 Å². The summed E-state index contributed by atoms with van der Waals surface area (Å²) in [5, 5.41) is 4.92. The van der Waals surface area contributed by atoms with E-state index in [1.807, 2.05) is 0 Å². The first kappa shape index (κ1) is 18.1. The Balaban J connectivity index is 1.88. The van der Waals surface area contributed by atoms with Gasteiger partial charge in [0, 0.05) is 11.9 Å². The quantitative estimate of drug-likeness (QED) is 0.681. The molecule has 3 rings (SSSR count). The first-order valence-electron chi connectivity index (χ1n) is 8.30. The Morgan fingerprint density at radius 1 is 1.00 bits per heavy atom. The number of hydrogen-bond acceptors (Lipinski definition) is 5. The second-order valence-electron chi connectivity index (χ2n) is 5.62. The van der Waals surface area contributed by atoms with Gasteiger partial charge in [-0.25, -0.2) is 4.68 Å². The standard InChI is InChI=1S/C19H18N4O4/c1-3-23-19(26)13-9-5-4-8-12(13)16(22-23)18(25)21-20-17(24)14-10-6-7-11-15(14)27-2/h4-11H,3H2,1-2H3,(H,20,24)(H,21,25). The lowest BCUT2D eigenvalue weighted by molar-refractivity contribution is 0.0842. The van der Waals surface area contributed by atoms with Crippen molar-refractivity contribution in [3.05, 3.63) is 70.1 Å². The Hall–Kier alpha value is -3.68. The van der Waals surface area contributed by atoms with Gasteiger partial charge in [0.05, 0.1) is 18.1 Å². The van der Waals surface area contributed by atoms with Crippen molar-refractivity contribution in [2.75, 3.05) is 7.11 Å². The van der Waals surface area contributed by atoms with Gasteiger partial charge in [-0.2, -0.15) is 5.10 Å². The van der Waals surface area contributed by atoms with Crippen LogP contribution in [0, 0.1) is 0 Å². The molecule has 1 heterocycles. The summed E-state index contributed by atoms with van der Waals surface area (Å²) >= 11 is 0. The van der Waals surface area contributed by atoms with Gasteiger partial charge in [0.1, 0.15) is 5.75 Å². The number of aryl methyl sites for hydroxylation is 1. The summed E-state index contributed by atoms with van der Waals surface area (Å²) in [5.74, 6) is -0.780. The summed E-state index contributed by atoms with van der Waals surface area (Å²) in [6.07, 6.45) is 0. The molecule has 0 aliphatic rings. The van der Waals surface area contributed by atoms with Crippen LogP contribution in [0.3, 0.4) is 0 Å². The molecule has 0 saturated heterocycles. The highest BCUT2D eigenvalue weighted by atomic mass is 16.5. The third-order valence-corrected chi connectivity index (χ3v) is 4.02. The van der Waals surface area contributed by atoms with E-state index in [0.717, 1.165) is 0 Å². The molecule has 8 heteroatoms. The van der Waals surface area contributed by atoms with Crippen LogP contribution in [-0.2, 0) is 6.54 Å². The summed E-state index contributed by atoms with van der Waals surface area (Å²) < 4.78 is 6.34. The van der Waals surface area contributed by atoms with Gasteiger partial charge in [-0.15, -0.1) is 0 Å². The summed E-state index contributed by atoms with van der Waals surface area (Å²) in [6.45, 7) is 2.08. The van der Waals surface area contributed by atoms with Gasteiger partial charge in [-0.1, -0.05) is 30.3 Å². The summed E-state index contributed by atoms with van der Waals surface area (Å²) in [5.41, 5.74) is 4.73. The van der Waals surface area contributed by atoms with Crippen molar-refractivity contribution in [1.29, 1.82) is 0 Å². The van der Waals surface area contributed by atoms with Crippen LogP contribution in [0.4, 0.5) is 0 Å². The predicted octanol–water partition coefficient (Wildman–Crippen LogP) is 1.50. The molecular formula is C19H18N4O4. The Labute approximate surface area is 154 Å². The molecule has 2 N–H and O–H groups in total. The van der Waals surface area contributed by atoms with E-state index in [2.05, 4.69) is 16.0 Å². The molecule has 27 heavy (non-hydrogen) atoms. The molecule has 0 unspecified atom stereocenters. The van der Waals surface area contributed by atoms with Crippen LogP contribution in [0.5, 0.6) is 5.75 Å². The zero-order valence-electron chi connectivity index (χ0n) is 14.9. The number of ether oxygens (including phenoxy) is 1. The van der Waals surface area contributed by atoms with Gasteiger partial charge < -0.3 is 4.74 Å². The number of aromatic nitrogens is 2. The lowest BCUT2D eigenvalue weighted by Crippen LogP contribution is -2.42. The highest BCUT2D eigenvalue weighted by molar-refractivity contribution is 6.06. The maximum atomic E-state index is 12.6. The molecule has 0 aliphatic carbocycles. The molecule has 2 amide bonds. The molecule has 0 fully saturated rings. The van der Waals surface area contributed by atoms with Gasteiger partial charge in [0.2, 0.25) is 0 Å². The number of para-hydroxylation sites is 1. The number of rotatable bonds is 4. The number of nitrogens with zero attached hydrogens (tertiary/aromatic N) is 2. The zero-order chi connectivity index (χ0) is 19.4. The van der Waals surface area contributed by atoms with Crippen molar-refractivity contribution in [2.45, 2.75) is 13.5 Å². The third-order valence-electron chi connectivity index (χ3n) is 4.02. The fourth-order valence-corrected chi connectivity index (χ4v) is 2.69. The molecule has 0 aliphatic heterocycles. The van der Waals surface area contributed by atoms with Crippen LogP contribution >= 0.6 is 0 Å². The molecule has 138 valence electrons. The van der Waals surface area contributed by atoms with Crippen LogP contribution in [0.2, 0.25) is 0 Å². The highest BCUT2D eigenvalue weighted by Crippen LogP contribution is 2.17. The predicted molar refractivity (Wildman–Crippen MR) is 99.6 cm³/mol. The normalized spacial score (nSPS) is 10.4. The average molecular weight is 366 g/mol. The SMILES string of the molecule is CCn1nc(C(=O)NNC(=O)c2ccccc2OC)c2ccccc2c1=O. The van der Waals surface area contributed by atoms with Gasteiger partial charge >= 0.3 is 0 Å². The number of benzene rings is 2. The van der Waals surface area contributed by atoms with E-state index in [9.17, 15) is 14.4 Å².